The molecule has 0 saturated heterocycles. The van der Waals surface area contributed by atoms with Crippen LogP contribution in [0.15, 0.2) is 30.5 Å². The van der Waals surface area contributed by atoms with E-state index >= 15 is 0 Å². The minimum atomic E-state index is -0.542. The first-order valence-electron chi connectivity index (χ1n) is 11.0. The predicted molar refractivity (Wildman–Crippen MR) is 125 cm³/mol. The molecule has 10 heteroatoms. The third kappa shape index (κ3) is 3.95. The highest BCUT2D eigenvalue weighted by molar-refractivity contribution is 6.42. The van der Waals surface area contributed by atoms with E-state index < -0.39 is 5.95 Å². The first kappa shape index (κ1) is 22.8. The van der Waals surface area contributed by atoms with Crippen molar-refractivity contribution in [2.45, 2.75) is 45.9 Å². The lowest BCUT2D eigenvalue weighted by atomic mass is 9.97. The SMILES string of the molecule is Cc1cc(F)ncc1CN1CCn2nc3c(c2C1=O)CN(C(=O)c1ccc(Cl)c(Cl)c1)[C@H](C)C3. The summed E-state index contributed by atoms with van der Waals surface area (Å²) in [6.45, 7) is 5.42. The zero-order valence-electron chi connectivity index (χ0n) is 18.7. The Morgan fingerprint density at radius 1 is 1.21 bits per heavy atom. The van der Waals surface area contributed by atoms with Gasteiger partial charge in [0.1, 0.15) is 5.69 Å². The molecule has 0 fully saturated rings. The van der Waals surface area contributed by atoms with Gasteiger partial charge in [-0.25, -0.2) is 4.98 Å². The quantitative estimate of drug-likeness (QED) is 0.502. The number of hydrogen-bond acceptors (Lipinski definition) is 4. The molecule has 34 heavy (non-hydrogen) atoms. The van der Waals surface area contributed by atoms with Gasteiger partial charge in [0, 0.05) is 42.9 Å². The summed E-state index contributed by atoms with van der Waals surface area (Å²) < 4.78 is 15.1. The van der Waals surface area contributed by atoms with Crippen LogP contribution in [0.1, 0.15) is 50.2 Å². The van der Waals surface area contributed by atoms with Gasteiger partial charge in [0.2, 0.25) is 5.95 Å². The van der Waals surface area contributed by atoms with Crippen LogP contribution in [0.25, 0.3) is 0 Å². The second-order valence-electron chi connectivity index (χ2n) is 8.77. The number of aryl methyl sites for hydroxylation is 1. The maximum Gasteiger partial charge on any atom is 0.272 e. The van der Waals surface area contributed by atoms with Gasteiger partial charge in [-0.2, -0.15) is 9.49 Å². The van der Waals surface area contributed by atoms with Crippen LogP contribution in [-0.2, 0) is 26.1 Å². The van der Waals surface area contributed by atoms with Crippen LogP contribution in [0.5, 0.6) is 0 Å². The van der Waals surface area contributed by atoms with E-state index in [2.05, 4.69) is 10.1 Å². The lowest BCUT2D eigenvalue weighted by molar-refractivity contribution is 0.0637. The van der Waals surface area contributed by atoms with E-state index in [1.54, 1.807) is 39.6 Å². The zero-order chi connectivity index (χ0) is 24.1. The number of carbonyl (C=O) groups excluding carboxylic acids is 2. The Kier molecular flexibility index (Phi) is 5.81. The van der Waals surface area contributed by atoms with Crippen molar-refractivity contribution >= 4 is 35.0 Å². The number of fused-ring (bicyclic) bond motifs is 3. The largest absolute Gasteiger partial charge is 0.331 e. The summed E-state index contributed by atoms with van der Waals surface area (Å²) in [5, 5.41) is 5.39. The molecule has 0 spiro atoms. The summed E-state index contributed by atoms with van der Waals surface area (Å²) in [6, 6.07) is 6.09. The molecule has 2 aliphatic heterocycles. The van der Waals surface area contributed by atoms with E-state index in [4.69, 9.17) is 23.2 Å². The molecule has 0 unspecified atom stereocenters. The molecule has 5 rings (SSSR count). The molecule has 2 aromatic heterocycles. The summed E-state index contributed by atoms with van der Waals surface area (Å²) in [5.74, 6) is -0.871. The number of aromatic nitrogens is 3. The van der Waals surface area contributed by atoms with Crippen LogP contribution in [0.2, 0.25) is 10.0 Å². The topological polar surface area (TPSA) is 71.3 Å². The number of nitrogens with zero attached hydrogens (tertiary/aromatic N) is 5. The number of benzene rings is 1. The molecule has 3 aromatic rings. The number of amides is 2. The molecular weight excluding hydrogens is 480 g/mol. The number of carbonyl (C=O) groups is 2. The van der Waals surface area contributed by atoms with Crippen molar-refractivity contribution in [1.29, 1.82) is 0 Å². The number of rotatable bonds is 3. The van der Waals surface area contributed by atoms with Gasteiger partial charge in [-0.05, 0) is 49.2 Å². The average molecular weight is 502 g/mol. The fraction of sp³-hybridized carbons (Fsp3) is 0.333. The predicted octanol–water partition coefficient (Wildman–Crippen LogP) is 4.28. The highest BCUT2D eigenvalue weighted by Crippen LogP contribution is 2.31. The summed E-state index contributed by atoms with van der Waals surface area (Å²) in [4.78, 5) is 34.0. The normalized spacial score (nSPS) is 17.6. The summed E-state index contributed by atoms with van der Waals surface area (Å²) in [5.41, 5.74) is 4.10. The van der Waals surface area contributed by atoms with Crippen LogP contribution < -0.4 is 0 Å². The maximum atomic E-state index is 13.5. The second kappa shape index (κ2) is 8.67. The molecule has 0 saturated carbocycles. The molecule has 2 aliphatic rings. The monoisotopic (exact) mass is 501 g/mol. The van der Waals surface area contributed by atoms with Gasteiger partial charge in [0.15, 0.2) is 0 Å². The molecule has 2 amide bonds. The molecule has 0 bridgehead atoms. The van der Waals surface area contributed by atoms with Gasteiger partial charge in [-0.15, -0.1) is 0 Å². The van der Waals surface area contributed by atoms with E-state index in [9.17, 15) is 14.0 Å². The van der Waals surface area contributed by atoms with Crippen molar-refractivity contribution in [2.75, 3.05) is 6.54 Å². The van der Waals surface area contributed by atoms with Gasteiger partial charge in [0.05, 0.1) is 28.8 Å². The standard InChI is InChI=1S/C24H22Cl2FN5O2/c1-13-7-21(27)28-10-16(13)11-30-5-6-32-22(24(30)34)17-12-31(14(2)8-20(17)29-32)23(33)15-3-4-18(25)19(26)9-15/h3-4,7,9-10,14H,5-6,8,11-12H2,1-2H3/t14-/m1/s1. The number of hydrogen-bond donors (Lipinski definition) is 0. The van der Waals surface area contributed by atoms with Crippen LogP contribution >= 0.6 is 23.2 Å². The molecule has 0 radical (unpaired) electrons. The molecule has 0 N–H and O–H groups in total. The highest BCUT2D eigenvalue weighted by Gasteiger charge is 2.37. The molecule has 1 atom stereocenters. The Labute approximate surface area is 206 Å². The van der Waals surface area contributed by atoms with Crippen LogP contribution in [0.4, 0.5) is 4.39 Å². The van der Waals surface area contributed by atoms with Crippen molar-refractivity contribution in [2.24, 2.45) is 0 Å². The summed E-state index contributed by atoms with van der Waals surface area (Å²) in [7, 11) is 0. The maximum absolute atomic E-state index is 13.5. The second-order valence-corrected chi connectivity index (χ2v) is 9.59. The van der Waals surface area contributed by atoms with E-state index in [0.717, 1.165) is 22.4 Å². The molecule has 1 aromatic carbocycles. The lowest BCUT2D eigenvalue weighted by Crippen LogP contribution is -2.44. The zero-order valence-corrected chi connectivity index (χ0v) is 20.2. The molecule has 0 aliphatic carbocycles. The van der Waals surface area contributed by atoms with Gasteiger partial charge in [-0.1, -0.05) is 23.2 Å². The Bertz CT molecular complexity index is 1320. The minimum Gasteiger partial charge on any atom is -0.331 e. The third-order valence-electron chi connectivity index (χ3n) is 6.53. The highest BCUT2D eigenvalue weighted by atomic mass is 35.5. The Balaban J connectivity index is 1.43. The average Bonchev–Trinajstić information content (AvgIpc) is 3.16. The van der Waals surface area contributed by atoms with Crippen LogP contribution in [0.3, 0.4) is 0 Å². The van der Waals surface area contributed by atoms with Gasteiger partial charge < -0.3 is 9.80 Å². The minimum absolute atomic E-state index is 0.0921. The smallest absolute Gasteiger partial charge is 0.272 e. The van der Waals surface area contributed by atoms with Crippen molar-refractivity contribution in [1.82, 2.24) is 24.6 Å². The van der Waals surface area contributed by atoms with Crippen molar-refractivity contribution < 1.29 is 14.0 Å². The van der Waals surface area contributed by atoms with Crippen molar-refractivity contribution in [3.05, 3.63) is 80.1 Å². The van der Waals surface area contributed by atoms with Crippen LogP contribution in [0, 0.1) is 12.9 Å². The third-order valence-corrected chi connectivity index (χ3v) is 7.27. The van der Waals surface area contributed by atoms with Crippen LogP contribution in [-0.4, -0.2) is 49.0 Å². The van der Waals surface area contributed by atoms with E-state index in [1.165, 1.54) is 12.3 Å². The van der Waals surface area contributed by atoms with E-state index in [-0.39, 0.29) is 24.4 Å². The fourth-order valence-electron chi connectivity index (χ4n) is 4.60. The first-order chi connectivity index (χ1) is 16.2. The molecular formula is C24H22Cl2FN5O2. The number of halogens is 3. The summed E-state index contributed by atoms with van der Waals surface area (Å²) in [6.07, 6.45) is 2.02. The van der Waals surface area contributed by atoms with E-state index in [1.807, 2.05) is 6.92 Å². The van der Waals surface area contributed by atoms with Crippen molar-refractivity contribution in [3.63, 3.8) is 0 Å². The number of pyridine rings is 1. The molecule has 4 heterocycles. The Morgan fingerprint density at radius 2 is 2.00 bits per heavy atom. The molecule has 7 nitrogen and oxygen atoms in total. The molecule has 176 valence electrons. The lowest BCUT2D eigenvalue weighted by Gasteiger charge is -2.34. The Hall–Kier alpha value is -2.97. The first-order valence-corrected chi connectivity index (χ1v) is 11.7. The summed E-state index contributed by atoms with van der Waals surface area (Å²) >= 11 is 12.1. The van der Waals surface area contributed by atoms with Gasteiger partial charge in [0.25, 0.3) is 11.8 Å². The van der Waals surface area contributed by atoms with Gasteiger partial charge >= 0.3 is 0 Å². The Morgan fingerprint density at radius 3 is 2.74 bits per heavy atom. The fourth-order valence-corrected chi connectivity index (χ4v) is 4.90. The van der Waals surface area contributed by atoms with Gasteiger partial charge in [-0.3, -0.25) is 14.3 Å². The van der Waals surface area contributed by atoms with Crippen molar-refractivity contribution in [3.8, 4) is 0 Å². The van der Waals surface area contributed by atoms with E-state index in [0.29, 0.717) is 47.4 Å².